The minimum absolute atomic E-state index is 0.172. The van der Waals surface area contributed by atoms with Crippen LogP contribution in [0.1, 0.15) is 31.4 Å². The van der Waals surface area contributed by atoms with Gasteiger partial charge in [-0.1, -0.05) is 6.92 Å². The van der Waals surface area contributed by atoms with Crippen molar-refractivity contribution in [2.24, 2.45) is 0 Å². The molecule has 2 aliphatic heterocycles. The van der Waals surface area contributed by atoms with Crippen molar-refractivity contribution in [3.8, 4) is 0 Å². The Kier molecular flexibility index (Phi) is 3.15. The molecule has 0 radical (unpaired) electrons. The third kappa shape index (κ3) is 2.37. The van der Waals surface area contributed by atoms with E-state index in [1.165, 1.54) is 9.77 Å². The summed E-state index contributed by atoms with van der Waals surface area (Å²) in [5.41, 5.74) is 1.43. The van der Waals surface area contributed by atoms with Crippen LogP contribution in [0.2, 0.25) is 0 Å². The van der Waals surface area contributed by atoms with Crippen molar-refractivity contribution in [1.82, 2.24) is 10.6 Å². The third-order valence-electron chi connectivity index (χ3n) is 3.32. The average Bonchev–Trinajstić information content (AvgIpc) is 2.87. The second kappa shape index (κ2) is 4.63. The molecule has 3 rings (SSSR count). The quantitative estimate of drug-likeness (QED) is 0.863. The number of fused-ring (bicyclic) bond motifs is 1. The van der Waals surface area contributed by atoms with Crippen LogP contribution in [0.5, 0.6) is 0 Å². The fraction of sp³-hybridized carbons (Fsp3) is 0.583. The van der Waals surface area contributed by atoms with Gasteiger partial charge in [-0.05, 0) is 23.4 Å². The van der Waals surface area contributed by atoms with E-state index in [1.807, 2.05) is 23.1 Å². The molecule has 3 nitrogen and oxygen atoms in total. The maximum atomic E-state index is 11.2. The molecule has 0 aliphatic carbocycles. The second-order valence-corrected chi connectivity index (χ2v) is 7.38. The van der Waals surface area contributed by atoms with E-state index in [-0.39, 0.29) is 5.91 Å². The predicted molar refractivity (Wildman–Crippen MR) is 71.5 cm³/mol. The van der Waals surface area contributed by atoms with Gasteiger partial charge in [0.15, 0.2) is 0 Å². The summed E-state index contributed by atoms with van der Waals surface area (Å²) in [7, 11) is 0. The first-order chi connectivity index (χ1) is 8.22. The monoisotopic (exact) mass is 268 g/mol. The lowest BCUT2D eigenvalue weighted by molar-refractivity contribution is -0.119. The lowest BCUT2D eigenvalue weighted by Gasteiger charge is -2.29. The molecular weight excluding hydrogens is 252 g/mol. The number of thiophene rings is 1. The van der Waals surface area contributed by atoms with Gasteiger partial charge in [0.05, 0.1) is 4.21 Å². The Morgan fingerprint density at radius 1 is 1.53 bits per heavy atom. The highest BCUT2D eigenvalue weighted by atomic mass is 32.2. The Bertz CT molecular complexity index is 432. The largest absolute Gasteiger partial charge is 0.354 e. The highest BCUT2D eigenvalue weighted by Crippen LogP contribution is 2.43. The number of thioether (sulfide) groups is 1. The Balaban J connectivity index is 1.73. The molecule has 2 N–H and O–H groups in total. The lowest BCUT2D eigenvalue weighted by atomic mass is 10.0. The number of rotatable bonds is 2. The predicted octanol–water partition coefficient (Wildman–Crippen LogP) is 2.15. The van der Waals surface area contributed by atoms with Crippen LogP contribution < -0.4 is 10.6 Å². The molecule has 0 aromatic carbocycles. The van der Waals surface area contributed by atoms with Gasteiger partial charge < -0.3 is 10.6 Å². The van der Waals surface area contributed by atoms with Crippen LogP contribution in [0, 0.1) is 0 Å². The van der Waals surface area contributed by atoms with Crippen LogP contribution in [0.15, 0.2) is 15.7 Å². The zero-order valence-corrected chi connectivity index (χ0v) is 11.4. The number of nitrogens with one attached hydrogen (secondary N) is 2. The number of carbonyl (C=O) groups is 1. The van der Waals surface area contributed by atoms with Crippen molar-refractivity contribution < 1.29 is 4.79 Å². The summed E-state index contributed by atoms with van der Waals surface area (Å²) in [4.78, 5) is 11.2. The van der Waals surface area contributed by atoms with Crippen LogP contribution in [-0.2, 0) is 4.79 Å². The van der Waals surface area contributed by atoms with E-state index in [0.717, 1.165) is 13.0 Å². The van der Waals surface area contributed by atoms with E-state index >= 15 is 0 Å². The van der Waals surface area contributed by atoms with Crippen molar-refractivity contribution in [2.75, 3.05) is 6.54 Å². The van der Waals surface area contributed by atoms with E-state index in [2.05, 4.69) is 29.0 Å². The van der Waals surface area contributed by atoms with Gasteiger partial charge in [-0.15, -0.1) is 23.1 Å². The molecule has 1 aromatic heterocycles. The zero-order chi connectivity index (χ0) is 11.8. The van der Waals surface area contributed by atoms with E-state index in [0.29, 0.717) is 23.8 Å². The first kappa shape index (κ1) is 11.6. The fourth-order valence-corrected chi connectivity index (χ4v) is 5.08. The van der Waals surface area contributed by atoms with Gasteiger partial charge in [0.2, 0.25) is 5.91 Å². The number of amides is 1. The maximum Gasteiger partial charge on any atom is 0.221 e. The summed E-state index contributed by atoms with van der Waals surface area (Å²) in [5, 5.41) is 9.34. The van der Waals surface area contributed by atoms with Crippen LogP contribution in [0.4, 0.5) is 0 Å². The Labute approximate surface area is 109 Å². The molecule has 3 atom stereocenters. The summed E-state index contributed by atoms with van der Waals surface area (Å²) in [6.45, 7) is 3.05. The molecule has 1 aromatic rings. The molecule has 1 fully saturated rings. The molecule has 0 bridgehead atoms. The first-order valence-electron chi connectivity index (χ1n) is 5.99. The normalized spacial score (nSPS) is 32.3. The highest BCUT2D eigenvalue weighted by molar-refractivity contribution is 8.01. The third-order valence-corrected chi connectivity index (χ3v) is 5.67. The minimum Gasteiger partial charge on any atom is -0.354 e. The van der Waals surface area contributed by atoms with Crippen molar-refractivity contribution in [1.29, 1.82) is 0 Å². The fourth-order valence-electron chi connectivity index (χ4n) is 2.51. The molecule has 0 saturated carbocycles. The summed E-state index contributed by atoms with van der Waals surface area (Å²) >= 11 is 3.81. The summed E-state index contributed by atoms with van der Waals surface area (Å²) in [5.74, 6) is 0.172. The van der Waals surface area contributed by atoms with Crippen molar-refractivity contribution in [3.05, 3.63) is 17.0 Å². The smallest absolute Gasteiger partial charge is 0.221 e. The SMILES string of the molecule is C[C@H]1CC(NC2CNC(=O)C2)c2ccsc2S1. The molecule has 1 saturated heterocycles. The molecule has 1 amide bonds. The van der Waals surface area contributed by atoms with E-state index in [4.69, 9.17) is 0 Å². The standard InChI is InChI=1S/C12H16N2OS2/c1-7-4-10(9-2-3-16-12(9)17-7)14-8-5-11(15)13-6-8/h2-3,7-8,10,14H,4-6H2,1H3,(H,13,15)/t7-,8?,10?/m0/s1. The minimum atomic E-state index is 0.172. The van der Waals surface area contributed by atoms with E-state index in [9.17, 15) is 4.79 Å². The molecule has 17 heavy (non-hydrogen) atoms. The second-order valence-electron chi connectivity index (χ2n) is 4.75. The highest BCUT2D eigenvalue weighted by Gasteiger charge is 2.30. The molecular formula is C12H16N2OS2. The van der Waals surface area contributed by atoms with Crippen molar-refractivity contribution >= 4 is 29.0 Å². The summed E-state index contributed by atoms with van der Waals surface area (Å²) in [6, 6.07) is 2.95. The van der Waals surface area contributed by atoms with Gasteiger partial charge in [-0.25, -0.2) is 0 Å². The van der Waals surface area contributed by atoms with E-state index in [1.54, 1.807) is 0 Å². The topological polar surface area (TPSA) is 41.1 Å². The first-order valence-corrected chi connectivity index (χ1v) is 7.75. The maximum absolute atomic E-state index is 11.2. The molecule has 5 heteroatoms. The van der Waals surface area contributed by atoms with Crippen LogP contribution in [0.25, 0.3) is 0 Å². The van der Waals surface area contributed by atoms with Crippen LogP contribution in [-0.4, -0.2) is 23.7 Å². The molecule has 2 aliphatic rings. The van der Waals surface area contributed by atoms with Gasteiger partial charge in [-0.2, -0.15) is 0 Å². The van der Waals surface area contributed by atoms with Gasteiger partial charge in [-0.3, -0.25) is 4.79 Å². The molecule has 0 spiro atoms. The van der Waals surface area contributed by atoms with Crippen molar-refractivity contribution in [3.63, 3.8) is 0 Å². The molecule has 2 unspecified atom stereocenters. The van der Waals surface area contributed by atoms with Gasteiger partial charge in [0, 0.05) is 30.3 Å². The van der Waals surface area contributed by atoms with Crippen LogP contribution in [0.3, 0.4) is 0 Å². The Morgan fingerprint density at radius 2 is 2.41 bits per heavy atom. The average molecular weight is 268 g/mol. The van der Waals surface area contributed by atoms with Gasteiger partial charge in [0.25, 0.3) is 0 Å². The van der Waals surface area contributed by atoms with Gasteiger partial charge >= 0.3 is 0 Å². The van der Waals surface area contributed by atoms with E-state index < -0.39 is 0 Å². The van der Waals surface area contributed by atoms with Crippen molar-refractivity contribution in [2.45, 2.75) is 41.3 Å². The Morgan fingerprint density at radius 3 is 3.18 bits per heavy atom. The molecule has 92 valence electrons. The number of carbonyl (C=O) groups excluding carboxylic acids is 1. The van der Waals surface area contributed by atoms with Gasteiger partial charge in [0.1, 0.15) is 0 Å². The molecule has 3 heterocycles. The number of hydrogen-bond acceptors (Lipinski definition) is 4. The van der Waals surface area contributed by atoms with Crippen LogP contribution >= 0.6 is 23.1 Å². The Hall–Kier alpha value is -0.520. The summed E-state index contributed by atoms with van der Waals surface area (Å²) < 4.78 is 1.44. The summed E-state index contributed by atoms with van der Waals surface area (Å²) in [6.07, 6.45) is 1.77. The zero-order valence-electron chi connectivity index (χ0n) is 9.73. The lowest BCUT2D eigenvalue weighted by Crippen LogP contribution is -2.36. The number of hydrogen-bond donors (Lipinski definition) is 2.